The van der Waals surface area contributed by atoms with E-state index in [-0.39, 0.29) is 28.4 Å². The van der Waals surface area contributed by atoms with E-state index in [0.717, 1.165) is 16.0 Å². The highest BCUT2D eigenvalue weighted by Gasteiger charge is 2.36. The molecule has 0 N–H and O–H groups in total. The van der Waals surface area contributed by atoms with Gasteiger partial charge in [-0.2, -0.15) is 13.2 Å². The molecule has 0 saturated carbocycles. The summed E-state index contributed by atoms with van der Waals surface area (Å²) in [6.07, 6.45) is 1.82. The number of alkyl halides is 3. The van der Waals surface area contributed by atoms with E-state index in [1.54, 1.807) is 6.07 Å². The molecule has 0 aromatic carbocycles. The van der Waals surface area contributed by atoms with Crippen LogP contribution in [-0.2, 0) is 6.18 Å². The topological polar surface area (TPSA) is 50.8 Å². The zero-order chi connectivity index (χ0) is 24.0. The fourth-order valence-corrected chi connectivity index (χ4v) is 3.69. The molecule has 0 saturated heterocycles. The van der Waals surface area contributed by atoms with Crippen molar-refractivity contribution < 1.29 is 22.4 Å². The lowest BCUT2D eigenvalue weighted by atomic mass is 9.96. The molecule has 4 heterocycles. The van der Waals surface area contributed by atoms with Gasteiger partial charge in [0.25, 0.3) is 5.91 Å². The summed E-state index contributed by atoms with van der Waals surface area (Å²) in [4.78, 5) is 18.6. The van der Waals surface area contributed by atoms with Crippen LogP contribution in [0.3, 0.4) is 0 Å². The quantitative estimate of drug-likeness (QED) is 0.421. The lowest BCUT2D eigenvalue weighted by Gasteiger charge is -2.24. The van der Waals surface area contributed by atoms with Gasteiger partial charge in [0.05, 0.1) is 18.1 Å². The number of amides is 1. The molecule has 0 atom stereocenters. The molecule has 0 fully saturated rings. The molecule has 0 bridgehead atoms. The molecular weight excluding hydrogens is 455 g/mol. The normalized spacial score (nSPS) is 14.8. The van der Waals surface area contributed by atoms with E-state index in [9.17, 15) is 18.0 Å². The number of carbonyl (C=O) groups is 1. The molecule has 3 aromatic rings. The van der Waals surface area contributed by atoms with Crippen LogP contribution in [0.2, 0.25) is 5.15 Å². The number of hydrogen-bond acceptors (Lipinski definition) is 3. The average Bonchev–Trinajstić information content (AvgIpc) is 3.39. The monoisotopic (exact) mass is 475 g/mol. The molecule has 172 valence electrons. The van der Waals surface area contributed by atoms with Gasteiger partial charge in [-0.05, 0) is 39.3 Å². The molecule has 33 heavy (non-hydrogen) atoms. The van der Waals surface area contributed by atoms with Crippen LogP contribution in [0.15, 0.2) is 46.9 Å². The molecule has 1 aliphatic rings. The predicted octanol–water partition coefficient (Wildman–Crippen LogP) is 6.09. The van der Waals surface area contributed by atoms with E-state index in [1.807, 2.05) is 26.8 Å². The van der Waals surface area contributed by atoms with Crippen LogP contribution in [0.25, 0.3) is 16.8 Å². The summed E-state index contributed by atoms with van der Waals surface area (Å²) in [5.41, 5.74) is -0.144. The van der Waals surface area contributed by atoms with Crippen molar-refractivity contribution in [1.29, 1.82) is 0 Å². The number of furan rings is 1. The van der Waals surface area contributed by atoms with Gasteiger partial charge in [0, 0.05) is 41.4 Å². The summed E-state index contributed by atoms with van der Waals surface area (Å²) in [5, 5.41) is -0.173. The number of pyridine rings is 1. The number of carbonyl (C=O) groups excluding carboxylic acids is 1. The minimum absolute atomic E-state index is 0.136. The predicted molar refractivity (Wildman–Crippen MR) is 119 cm³/mol. The van der Waals surface area contributed by atoms with Crippen LogP contribution in [0.4, 0.5) is 13.2 Å². The molecule has 9 heteroatoms. The number of aromatic nitrogens is 2. The molecule has 3 aromatic heterocycles. The molecular formula is C24H21ClF3N3O2. The standard InChI is InChI=1S/C24H21ClF3N3O2/c1-23(2,3)8-4-15-5-9-30(10-6-15)22(32)19-20(25)31-13-17(16-7-11-33-14-16)12-18(21(31)29-19)24(26,27)28/h5,7,11-14H,6,9-10H2,1-3H3. The van der Waals surface area contributed by atoms with Gasteiger partial charge in [-0.3, -0.25) is 9.20 Å². The summed E-state index contributed by atoms with van der Waals surface area (Å²) in [6.45, 7) is 6.69. The van der Waals surface area contributed by atoms with Crippen LogP contribution >= 0.6 is 11.6 Å². The summed E-state index contributed by atoms with van der Waals surface area (Å²) >= 11 is 6.38. The van der Waals surface area contributed by atoms with Crippen molar-refractivity contribution in [1.82, 2.24) is 14.3 Å². The first-order valence-electron chi connectivity index (χ1n) is 10.3. The first kappa shape index (κ1) is 23.0. The number of hydrogen-bond donors (Lipinski definition) is 0. The fourth-order valence-electron chi connectivity index (χ4n) is 3.43. The van der Waals surface area contributed by atoms with Crippen LogP contribution in [0.5, 0.6) is 0 Å². The summed E-state index contributed by atoms with van der Waals surface area (Å²) < 4.78 is 47.5. The van der Waals surface area contributed by atoms with Gasteiger partial charge in [0.1, 0.15) is 5.15 Å². The largest absolute Gasteiger partial charge is 0.472 e. The third-order valence-electron chi connectivity index (χ3n) is 5.12. The molecule has 1 amide bonds. The zero-order valence-corrected chi connectivity index (χ0v) is 19.0. The van der Waals surface area contributed by atoms with Gasteiger partial charge in [0.15, 0.2) is 11.3 Å². The van der Waals surface area contributed by atoms with Crippen molar-refractivity contribution in [3.63, 3.8) is 0 Å². The van der Waals surface area contributed by atoms with Crippen LogP contribution < -0.4 is 0 Å². The molecule has 0 unspecified atom stereocenters. The first-order chi connectivity index (χ1) is 15.4. The lowest BCUT2D eigenvalue weighted by molar-refractivity contribution is -0.136. The van der Waals surface area contributed by atoms with Gasteiger partial charge >= 0.3 is 6.18 Å². The maximum Gasteiger partial charge on any atom is 0.420 e. The Balaban J connectivity index is 1.70. The highest BCUT2D eigenvalue weighted by Crippen LogP contribution is 2.37. The smallest absolute Gasteiger partial charge is 0.420 e. The Morgan fingerprint density at radius 3 is 2.58 bits per heavy atom. The molecule has 0 aliphatic carbocycles. The third kappa shape index (κ3) is 4.79. The number of rotatable bonds is 2. The van der Waals surface area contributed by atoms with Crippen molar-refractivity contribution in [2.75, 3.05) is 13.1 Å². The second-order valence-corrected chi connectivity index (χ2v) is 9.19. The second kappa shape index (κ2) is 8.31. The van der Waals surface area contributed by atoms with Gasteiger partial charge in [-0.1, -0.05) is 29.5 Å². The van der Waals surface area contributed by atoms with Gasteiger partial charge in [-0.25, -0.2) is 4.98 Å². The average molecular weight is 476 g/mol. The van der Waals surface area contributed by atoms with E-state index in [4.69, 9.17) is 16.0 Å². The highest BCUT2D eigenvalue weighted by molar-refractivity contribution is 6.33. The minimum atomic E-state index is -4.69. The molecule has 0 radical (unpaired) electrons. The number of imidazole rings is 1. The Morgan fingerprint density at radius 1 is 1.24 bits per heavy atom. The Hall–Kier alpha value is -3.18. The van der Waals surface area contributed by atoms with Crippen LogP contribution in [-0.4, -0.2) is 33.3 Å². The van der Waals surface area contributed by atoms with E-state index in [1.165, 1.54) is 23.6 Å². The SMILES string of the molecule is CC(C)(C)C#CC1=CCN(C(=O)c2nc3c(C(F)(F)F)cc(-c4ccoc4)cn3c2Cl)CC1. The van der Waals surface area contributed by atoms with E-state index in [2.05, 4.69) is 16.8 Å². The highest BCUT2D eigenvalue weighted by atomic mass is 35.5. The number of fused-ring (bicyclic) bond motifs is 1. The Morgan fingerprint density at radius 2 is 2.00 bits per heavy atom. The van der Waals surface area contributed by atoms with Crippen molar-refractivity contribution in [2.24, 2.45) is 5.41 Å². The van der Waals surface area contributed by atoms with Crippen molar-refractivity contribution in [3.8, 4) is 23.0 Å². The summed E-state index contributed by atoms with van der Waals surface area (Å²) in [7, 11) is 0. The van der Waals surface area contributed by atoms with E-state index < -0.39 is 23.3 Å². The Bertz CT molecular complexity index is 1300. The molecule has 1 aliphatic heterocycles. The second-order valence-electron chi connectivity index (χ2n) is 8.83. The fraction of sp³-hybridized carbons (Fsp3) is 0.333. The Kier molecular flexibility index (Phi) is 5.79. The molecule has 4 rings (SSSR count). The first-order valence-corrected chi connectivity index (χ1v) is 10.6. The van der Waals surface area contributed by atoms with Crippen molar-refractivity contribution in [3.05, 3.63) is 58.9 Å². The minimum Gasteiger partial charge on any atom is -0.472 e. The zero-order valence-electron chi connectivity index (χ0n) is 18.3. The summed E-state index contributed by atoms with van der Waals surface area (Å²) in [5.74, 6) is 5.76. The maximum absolute atomic E-state index is 13.8. The number of nitrogens with zero attached hydrogens (tertiary/aromatic N) is 3. The number of halogens is 4. The maximum atomic E-state index is 13.8. The molecule has 5 nitrogen and oxygen atoms in total. The van der Waals surface area contributed by atoms with Gasteiger partial charge in [-0.15, -0.1) is 0 Å². The molecule has 0 spiro atoms. The van der Waals surface area contributed by atoms with E-state index >= 15 is 0 Å². The van der Waals surface area contributed by atoms with Gasteiger partial charge in [0.2, 0.25) is 0 Å². The van der Waals surface area contributed by atoms with E-state index in [0.29, 0.717) is 18.5 Å². The van der Waals surface area contributed by atoms with Crippen LogP contribution in [0.1, 0.15) is 43.2 Å². The van der Waals surface area contributed by atoms with Crippen LogP contribution in [0, 0.1) is 17.3 Å². The third-order valence-corrected chi connectivity index (χ3v) is 5.48. The summed E-state index contributed by atoms with van der Waals surface area (Å²) in [6, 6.07) is 2.51. The van der Waals surface area contributed by atoms with Crippen molar-refractivity contribution >= 4 is 23.2 Å². The van der Waals surface area contributed by atoms with Gasteiger partial charge < -0.3 is 9.32 Å². The van der Waals surface area contributed by atoms with Crippen molar-refractivity contribution in [2.45, 2.75) is 33.4 Å². The Labute approximate surface area is 193 Å². The lowest BCUT2D eigenvalue weighted by Crippen LogP contribution is -2.35.